The molecule has 104 valence electrons. The molecule has 3 N–H and O–H groups in total. The number of carbonyl (C=O) groups is 1. The largest absolute Gasteiger partial charge is 0.496 e. The fraction of sp³-hybridized carbons (Fsp3) is 0.188. The molecule has 0 saturated carbocycles. The van der Waals surface area contributed by atoms with Crippen LogP contribution in [0.1, 0.15) is 11.1 Å². The maximum absolute atomic E-state index is 10.8. The number of nitrogens with two attached hydrogens (primary N) is 1. The smallest absolute Gasteiger partial charge is 0.221 e. The summed E-state index contributed by atoms with van der Waals surface area (Å²) < 4.78 is 5.31. The topological polar surface area (TPSA) is 64.3 Å². The molecule has 1 amide bonds. The number of hydrogen-bond acceptors (Lipinski definition) is 3. The monoisotopic (exact) mass is 270 g/mol. The Kier molecular flexibility index (Phi) is 4.60. The van der Waals surface area contributed by atoms with E-state index in [2.05, 4.69) is 5.32 Å². The van der Waals surface area contributed by atoms with Crippen molar-refractivity contribution in [3.05, 3.63) is 59.7 Å². The van der Waals surface area contributed by atoms with E-state index >= 15 is 0 Å². The van der Waals surface area contributed by atoms with Gasteiger partial charge in [-0.05, 0) is 23.8 Å². The van der Waals surface area contributed by atoms with Gasteiger partial charge in [0.05, 0.1) is 13.5 Å². The van der Waals surface area contributed by atoms with Crippen molar-refractivity contribution in [2.24, 2.45) is 5.73 Å². The highest BCUT2D eigenvalue weighted by atomic mass is 16.5. The first-order chi connectivity index (χ1) is 9.69. The van der Waals surface area contributed by atoms with Gasteiger partial charge in [0.25, 0.3) is 0 Å². The zero-order valence-corrected chi connectivity index (χ0v) is 11.4. The lowest BCUT2D eigenvalue weighted by atomic mass is 10.1. The van der Waals surface area contributed by atoms with E-state index in [-0.39, 0.29) is 12.3 Å². The van der Waals surface area contributed by atoms with E-state index in [0.29, 0.717) is 6.54 Å². The minimum absolute atomic E-state index is 0.271. The van der Waals surface area contributed by atoms with E-state index in [1.54, 1.807) is 7.11 Å². The summed E-state index contributed by atoms with van der Waals surface area (Å²) in [5.74, 6) is 0.546. The molecule has 0 unspecified atom stereocenters. The first-order valence-electron chi connectivity index (χ1n) is 6.42. The second-order valence-electron chi connectivity index (χ2n) is 4.51. The van der Waals surface area contributed by atoms with E-state index in [4.69, 9.17) is 10.5 Å². The predicted octanol–water partition coefficient (Wildman–Crippen LogP) is 2.34. The maximum atomic E-state index is 10.8. The molecule has 0 bridgehead atoms. The average Bonchev–Trinajstić information content (AvgIpc) is 2.46. The standard InChI is InChI=1S/C16H18N2O2/c1-20-15-5-3-2-4-13(15)11-18-14-8-6-12(7-9-14)10-16(17)19/h2-9,18H,10-11H2,1H3,(H2,17,19). The number of ether oxygens (including phenoxy) is 1. The second-order valence-corrected chi connectivity index (χ2v) is 4.51. The highest BCUT2D eigenvalue weighted by Gasteiger charge is 2.02. The van der Waals surface area contributed by atoms with Gasteiger partial charge in [-0.15, -0.1) is 0 Å². The van der Waals surface area contributed by atoms with Gasteiger partial charge in [-0.1, -0.05) is 30.3 Å². The zero-order chi connectivity index (χ0) is 14.4. The number of hydrogen-bond donors (Lipinski definition) is 2. The van der Waals surface area contributed by atoms with Gasteiger partial charge in [-0.3, -0.25) is 4.79 Å². The Bertz CT molecular complexity index is 579. The van der Waals surface area contributed by atoms with Gasteiger partial charge in [-0.2, -0.15) is 0 Å². The second kappa shape index (κ2) is 6.61. The van der Waals surface area contributed by atoms with E-state index in [1.807, 2.05) is 48.5 Å². The highest BCUT2D eigenvalue weighted by molar-refractivity contribution is 5.76. The third-order valence-electron chi connectivity index (χ3n) is 3.01. The van der Waals surface area contributed by atoms with Crippen molar-refractivity contribution < 1.29 is 9.53 Å². The van der Waals surface area contributed by atoms with Crippen molar-refractivity contribution in [2.75, 3.05) is 12.4 Å². The van der Waals surface area contributed by atoms with E-state index in [0.717, 1.165) is 22.6 Å². The molecule has 4 nitrogen and oxygen atoms in total. The molecule has 4 heteroatoms. The van der Waals surface area contributed by atoms with Gasteiger partial charge in [-0.25, -0.2) is 0 Å². The third kappa shape index (κ3) is 3.75. The molecule has 2 aromatic rings. The molecule has 0 aliphatic carbocycles. The van der Waals surface area contributed by atoms with Crippen molar-refractivity contribution in [3.63, 3.8) is 0 Å². The van der Waals surface area contributed by atoms with Gasteiger partial charge in [0.15, 0.2) is 0 Å². The summed E-state index contributed by atoms with van der Waals surface area (Å²) >= 11 is 0. The van der Waals surface area contributed by atoms with Crippen LogP contribution in [-0.4, -0.2) is 13.0 Å². The normalized spacial score (nSPS) is 10.1. The first-order valence-corrected chi connectivity index (χ1v) is 6.42. The molecule has 0 aliphatic rings. The van der Waals surface area contributed by atoms with Crippen molar-refractivity contribution in [1.29, 1.82) is 0 Å². The van der Waals surface area contributed by atoms with Gasteiger partial charge in [0.2, 0.25) is 5.91 Å². The quantitative estimate of drug-likeness (QED) is 0.846. The number of nitrogens with one attached hydrogen (secondary N) is 1. The highest BCUT2D eigenvalue weighted by Crippen LogP contribution is 2.19. The number of anilines is 1. The first kappa shape index (κ1) is 13.9. The summed E-state index contributed by atoms with van der Waals surface area (Å²) in [5.41, 5.74) is 8.16. The minimum atomic E-state index is -0.320. The third-order valence-corrected chi connectivity index (χ3v) is 3.01. The molecule has 2 rings (SSSR count). The molecule has 0 saturated heterocycles. The molecular formula is C16H18N2O2. The van der Waals surface area contributed by atoms with Gasteiger partial charge >= 0.3 is 0 Å². The van der Waals surface area contributed by atoms with Crippen LogP contribution in [0.3, 0.4) is 0 Å². The van der Waals surface area contributed by atoms with Crippen molar-refractivity contribution in [2.45, 2.75) is 13.0 Å². The number of primary amides is 1. The molecule has 0 aliphatic heterocycles. The summed E-state index contributed by atoms with van der Waals surface area (Å²) in [4.78, 5) is 10.8. The number of benzene rings is 2. The summed E-state index contributed by atoms with van der Waals surface area (Å²) in [6.07, 6.45) is 0.271. The minimum Gasteiger partial charge on any atom is -0.496 e. The number of carbonyl (C=O) groups excluding carboxylic acids is 1. The lowest BCUT2D eigenvalue weighted by Gasteiger charge is -2.10. The number of methoxy groups -OCH3 is 1. The molecule has 2 aromatic carbocycles. The van der Waals surface area contributed by atoms with Crippen molar-refractivity contribution >= 4 is 11.6 Å². The number of amides is 1. The van der Waals surface area contributed by atoms with Crippen LogP contribution in [0, 0.1) is 0 Å². The SMILES string of the molecule is COc1ccccc1CNc1ccc(CC(N)=O)cc1. The number of para-hydroxylation sites is 1. The van der Waals surface area contributed by atoms with Crippen LogP contribution in [0.2, 0.25) is 0 Å². The fourth-order valence-corrected chi connectivity index (χ4v) is 1.99. The van der Waals surface area contributed by atoms with E-state index in [9.17, 15) is 4.79 Å². The van der Waals surface area contributed by atoms with E-state index < -0.39 is 0 Å². The Morgan fingerprint density at radius 3 is 2.50 bits per heavy atom. The Labute approximate surface area is 118 Å². The predicted molar refractivity (Wildman–Crippen MR) is 79.7 cm³/mol. The van der Waals surface area contributed by atoms with Crippen molar-refractivity contribution in [3.8, 4) is 5.75 Å². The lowest BCUT2D eigenvalue weighted by Crippen LogP contribution is -2.13. The van der Waals surface area contributed by atoms with Crippen LogP contribution >= 0.6 is 0 Å². The molecule has 0 heterocycles. The van der Waals surface area contributed by atoms with Crippen LogP contribution in [-0.2, 0) is 17.8 Å². The molecule has 0 aromatic heterocycles. The van der Waals surface area contributed by atoms with Crippen LogP contribution in [0.4, 0.5) is 5.69 Å². The van der Waals surface area contributed by atoms with Crippen LogP contribution in [0.15, 0.2) is 48.5 Å². The Morgan fingerprint density at radius 1 is 1.15 bits per heavy atom. The Hall–Kier alpha value is -2.49. The summed E-state index contributed by atoms with van der Waals surface area (Å²) in [6.45, 7) is 0.680. The van der Waals surface area contributed by atoms with Crippen LogP contribution in [0.5, 0.6) is 5.75 Å². The van der Waals surface area contributed by atoms with Crippen LogP contribution < -0.4 is 15.8 Å². The summed E-state index contributed by atoms with van der Waals surface area (Å²) in [7, 11) is 1.66. The molecule has 0 spiro atoms. The lowest BCUT2D eigenvalue weighted by molar-refractivity contribution is -0.117. The zero-order valence-electron chi connectivity index (χ0n) is 11.4. The molecule has 0 radical (unpaired) electrons. The maximum Gasteiger partial charge on any atom is 0.221 e. The van der Waals surface area contributed by atoms with Gasteiger partial charge < -0.3 is 15.8 Å². The number of rotatable bonds is 6. The molecule has 20 heavy (non-hydrogen) atoms. The van der Waals surface area contributed by atoms with E-state index in [1.165, 1.54) is 0 Å². The fourth-order valence-electron chi connectivity index (χ4n) is 1.99. The average molecular weight is 270 g/mol. The molecular weight excluding hydrogens is 252 g/mol. The summed E-state index contributed by atoms with van der Waals surface area (Å²) in [5, 5.41) is 3.32. The summed E-state index contributed by atoms with van der Waals surface area (Å²) in [6, 6.07) is 15.6. The molecule has 0 fully saturated rings. The van der Waals surface area contributed by atoms with Crippen molar-refractivity contribution in [1.82, 2.24) is 0 Å². The van der Waals surface area contributed by atoms with Crippen LogP contribution in [0.25, 0.3) is 0 Å². The Balaban J connectivity index is 1.98. The Morgan fingerprint density at radius 2 is 1.85 bits per heavy atom. The van der Waals surface area contributed by atoms with Gasteiger partial charge in [0.1, 0.15) is 5.75 Å². The molecule has 0 atom stereocenters. The van der Waals surface area contributed by atoms with Gasteiger partial charge in [0, 0.05) is 17.8 Å².